The molecule has 0 atom stereocenters. The van der Waals surface area contributed by atoms with Crippen molar-refractivity contribution in [1.29, 1.82) is 0 Å². The molecule has 0 unspecified atom stereocenters. The number of halogens is 2. The predicted octanol–water partition coefficient (Wildman–Crippen LogP) is 3.07. The fourth-order valence-electron chi connectivity index (χ4n) is 1.35. The molecule has 12 heavy (non-hydrogen) atoms. The van der Waals surface area contributed by atoms with Crippen molar-refractivity contribution in [3.05, 3.63) is 0 Å². The molecule has 0 aromatic carbocycles. The highest BCUT2D eigenvalue weighted by atomic mass is 35.5. The maximum Gasteiger partial charge on any atom is 0.306 e. The number of carboxylic acids is 1. The first-order chi connectivity index (χ1) is 5.72. The Morgan fingerprint density at radius 3 is 1.92 bits per heavy atom. The third-order valence-corrected chi connectivity index (χ3v) is 1.95. The second-order valence-corrected chi connectivity index (χ2v) is 3.58. The van der Waals surface area contributed by atoms with Crippen LogP contribution in [-0.2, 0) is 4.79 Å². The summed E-state index contributed by atoms with van der Waals surface area (Å²) in [5, 5.41) is 8.73. The van der Waals surface area contributed by atoms with Crippen molar-refractivity contribution in [3.8, 4) is 0 Å². The fourth-order valence-corrected chi connectivity index (χ4v) is 1.35. The van der Waals surface area contributed by atoms with Gasteiger partial charge >= 0.3 is 5.97 Å². The quantitative estimate of drug-likeness (QED) is 0.679. The highest BCUT2D eigenvalue weighted by Crippen LogP contribution is 2.23. The van der Waals surface area contributed by atoms with Gasteiger partial charge in [0.25, 0.3) is 0 Å². The second kappa shape index (κ2) is 7.69. The number of rotatable bonds is 1. The van der Waals surface area contributed by atoms with E-state index in [1.165, 1.54) is 6.42 Å². The Bertz CT molecular complexity index is 122. The molecule has 0 spiro atoms. The molecule has 1 aliphatic rings. The molecule has 0 aromatic heterocycles. The Hall–Kier alpha value is 0.0500. The number of hydrogen-bond acceptors (Lipinski definition) is 1. The Morgan fingerprint density at radius 2 is 1.67 bits per heavy atom. The summed E-state index contributed by atoms with van der Waals surface area (Å²) in [4.78, 5) is 10.4. The molecule has 1 rings (SSSR count). The van der Waals surface area contributed by atoms with Crippen LogP contribution in [-0.4, -0.2) is 16.4 Å². The van der Waals surface area contributed by atoms with Gasteiger partial charge in [-0.2, -0.15) is 0 Å². The smallest absolute Gasteiger partial charge is 0.306 e. The number of hydrogen-bond donors (Lipinski definition) is 1. The number of carbonyl (C=O) groups is 1. The lowest BCUT2D eigenvalue weighted by Gasteiger charge is -2.16. The van der Waals surface area contributed by atoms with Crippen molar-refractivity contribution in [1.82, 2.24) is 0 Å². The Kier molecular flexibility index (Phi) is 7.72. The van der Waals surface area contributed by atoms with Crippen LogP contribution in [0.25, 0.3) is 0 Å². The van der Waals surface area contributed by atoms with E-state index in [1.54, 1.807) is 0 Å². The summed E-state index contributed by atoms with van der Waals surface area (Å²) in [7, 11) is 0. The molecule has 1 N–H and O–H groups in total. The Morgan fingerprint density at radius 1 is 1.25 bits per heavy atom. The van der Waals surface area contributed by atoms with Crippen molar-refractivity contribution >= 4 is 29.2 Å². The minimum Gasteiger partial charge on any atom is -0.481 e. The summed E-state index contributed by atoms with van der Waals surface area (Å²) in [6.07, 6.45) is 5.24. The van der Waals surface area contributed by atoms with Crippen molar-refractivity contribution in [3.63, 3.8) is 0 Å². The Labute approximate surface area is 82.9 Å². The molecule has 1 aliphatic carbocycles. The van der Waals surface area contributed by atoms with Crippen LogP contribution in [0.4, 0.5) is 0 Å². The van der Waals surface area contributed by atoms with Crippen LogP contribution < -0.4 is 0 Å². The van der Waals surface area contributed by atoms with Gasteiger partial charge in [0.15, 0.2) is 0 Å². The zero-order chi connectivity index (χ0) is 9.40. The first kappa shape index (κ1) is 12.0. The molecular weight excluding hydrogens is 199 g/mol. The van der Waals surface area contributed by atoms with Crippen LogP contribution in [0.2, 0.25) is 0 Å². The first-order valence-corrected chi connectivity index (χ1v) is 5.14. The maximum absolute atomic E-state index is 10.4. The minimum absolute atomic E-state index is 0.0289. The van der Waals surface area contributed by atoms with E-state index in [9.17, 15) is 4.79 Å². The highest BCUT2D eigenvalue weighted by molar-refractivity contribution is 6.40. The van der Waals surface area contributed by atoms with E-state index in [0.29, 0.717) is 0 Å². The molecule has 2 nitrogen and oxygen atoms in total. The molecular formula is C8H14Cl2O2. The van der Waals surface area contributed by atoms with Gasteiger partial charge in [0.2, 0.25) is 0 Å². The number of carboxylic acid groups (broad SMARTS) is 1. The molecule has 4 heteroatoms. The molecule has 0 saturated heterocycles. The molecule has 0 bridgehead atoms. The van der Waals surface area contributed by atoms with Crippen LogP contribution in [0, 0.1) is 5.92 Å². The molecule has 0 aromatic rings. The van der Waals surface area contributed by atoms with Gasteiger partial charge in [0.05, 0.1) is 11.3 Å². The van der Waals surface area contributed by atoms with Gasteiger partial charge in [-0.1, -0.05) is 19.3 Å². The second-order valence-electron chi connectivity index (χ2n) is 2.77. The van der Waals surface area contributed by atoms with E-state index in [2.05, 4.69) is 0 Å². The fraction of sp³-hybridized carbons (Fsp3) is 0.875. The number of aliphatic carboxylic acids is 1. The predicted molar refractivity (Wildman–Crippen MR) is 50.8 cm³/mol. The van der Waals surface area contributed by atoms with Crippen LogP contribution in [0.15, 0.2) is 0 Å². The molecule has 0 aliphatic heterocycles. The lowest BCUT2D eigenvalue weighted by atomic mass is 9.90. The van der Waals surface area contributed by atoms with Crippen LogP contribution in [0.1, 0.15) is 32.1 Å². The molecule has 1 fully saturated rings. The standard InChI is InChI=1S/C7H12O2.CH2Cl2/c8-7(9)6-4-2-1-3-5-6;2-1-3/h6H,1-5H2,(H,8,9);1H2. The minimum atomic E-state index is -0.602. The van der Waals surface area contributed by atoms with E-state index < -0.39 is 5.97 Å². The molecule has 0 amide bonds. The zero-order valence-corrected chi connectivity index (χ0v) is 8.44. The summed E-state index contributed by atoms with van der Waals surface area (Å²) < 4.78 is 0. The van der Waals surface area contributed by atoms with Crippen molar-refractivity contribution in [2.24, 2.45) is 5.92 Å². The Balaban J connectivity index is 0.000000354. The van der Waals surface area contributed by atoms with E-state index in [-0.39, 0.29) is 11.3 Å². The SMILES string of the molecule is ClCCl.O=C(O)C1CCCCC1. The topological polar surface area (TPSA) is 37.3 Å². The summed E-state index contributed by atoms with van der Waals surface area (Å²) in [5.74, 6) is -0.631. The number of alkyl halides is 2. The van der Waals surface area contributed by atoms with Crippen molar-refractivity contribution < 1.29 is 9.90 Å². The van der Waals surface area contributed by atoms with E-state index in [0.717, 1.165) is 25.7 Å². The van der Waals surface area contributed by atoms with E-state index >= 15 is 0 Å². The lowest BCUT2D eigenvalue weighted by Crippen LogP contribution is -2.16. The van der Waals surface area contributed by atoms with Crippen LogP contribution in [0.5, 0.6) is 0 Å². The summed E-state index contributed by atoms with van der Waals surface area (Å²) in [6.45, 7) is 0. The highest BCUT2D eigenvalue weighted by Gasteiger charge is 2.19. The van der Waals surface area contributed by atoms with E-state index in [4.69, 9.17) is 28.3 Å². The summed E-state index contributed by atoms with van der Waals surface area (Å²) >= 11 is 9.53. The molecule has 0 radical (unpaired) electrons. The average Bonchev–Trinajstić information content (AvgIpc) is 2.07. The molecule has 1 saturated carbocycles. The third kappa shape index (κ3) is 5.67. The van der Waals surface area contributed by atoms with E-state index in [1.807, 2.05) is 0 Å². The first-order valence-electron chi connectivity index (χ1n) is 4.07. The normalized spacial score (nSPS) is 17.8. The van der Waals surface area contributed by atoms with Crippen LogP contribution in [0.3, 0.4) is 0 Å². The molecule has 72 valence electrons. The average molecular weight is 213 g/mol. The summed E-state index contributed by atoms with van der Waals surface area (Å²) in [6, 6.07) is 0. The van der Waals surface area contributed by atoms with Gasteiger partial charge in [-0.05, 0) is 12.8 Å². The summed E-state index contributed by atoms with van der Waals surface area (Å²) in [5.41, 5.74) is 0. The van der Waals surface area contributed by atoms with Crippen molar-refractivity contribution in [2.75, 3.05) is 5.34 Å². The van der Waals surface area contributed by atoms with Crippen LogP contribution >= 0.6 is 23.2 Å². The monoisotopic (exact) mass is 212 g/mol. The zero-order valence-electron chi connectivity index (χ0n) is 6.93. The lowest BCUT2D eigenvalue weighted by molar-refractivity contribution is -0.142. The van der Waals surface area contributed by atoms with Gasteiger partial charge < -0.3 is 5.11 Å². The van der Waals surface area contributed by atoms with Gasteiger partial charge in [0, 0.05) is 0 Å². The van der Waals surface area contributed by atoms with Crippen molar-refractivity contribution in [2.45, 2.75) is 32.1 Å². The molecule has 0 heterocycles. The van der Waals surface area contributed by atoms with Gasteiger partial charge in [0.1, 0.15) is 0 Å². The largest absolute Gasteiger partial charge is 0.481 e. The van der Waals surface area contributed by atoms with Gasteiger partial charge in [-0.3, -0.25) is 4.79 Å². The van der Waals surface area contributed by atoms with Gasteiger partial charge in [-0.15, -0.1) is 23.2 Å². The van der Waals surface area contributed by atoms with Gasteiger partial charge in [-0.25, -0.2) is 0 Å². The maximum atomic E-state index is 10.4. The third-order valence-electron chi connectivity index (χ3n) is 1.95.